The van der Waals surface area contributed by atoms with Gasteiger partial charge in [0.1, 0.15) is 12.4 Å². The van der Waals surface area contributed by atoms with Crippen LogP contribution in [0, 0.1) is 0 Å². The number of hydrogen-bond donors (Lipinski definition) is 1. The van der Waals surface area contributed by atoms with E-state index in [4.69, 9.17) is 9.72 Å². The summed E-state index contributed by atoms with van der Waals surface area (Å²) in [5.74, 6) is 1.62. The molecule has 1 aromatic carbocycles. The molecule has 6 nitrogen and oxygen atoms in total. The van der Waals surface area contributed by atoms with Gasteiger partial charge in [-0.05, 0) is 18.9 Å². The first-order valence-electron chi connectivity index (χ1n) is 9.65. The number of aromatic amines is 1. The van der Waals surface area contributed by atoms with Crippen molar-refractivity contribution in [3.05, 3.63) is 64.1 Å². The van der Waals surface area contributed by atoms with Crippen LogP contribution < -0.4 is 15.2 Å². The Morgan fingerprint density at radius 2 is 2.04 bits per heavy atom. The number of fused-ring (bicyclic) bond motifs is 1. The average molecular weight is 366 g/mol. The van der Waals surface area contributed by atoms with E-state index in [1.807, 2.05) is 18.2 Å². The van der Waals surface area contributed by atoms with Gasteiger partial charge in [0.25, 0.3) is 5.56 Å². The molecule has 0 saturated carbocycles. The van der Waals surface area contributed by atoms with Crippen LogP contribution in [0.3, 0.4) is 0 Å². The lowest BCUT2D eigenvalue weighted by Crippen LogP contribution is -2.36. The van der Waals surface area contributed by atoms with Crippen molar-refractivity contribution in [3.8, 4) is 5.75 Å². The maximum absolute atomic E-state index is 12.7. The highest BCUT2D eigenvalue weighted by Crippen LogP contribution is 2.24. The lowest BCUT2D eigenvalue weighted by Gasteiger charge is -2.29. The van der Waals surface area contributed by atoms with E-state index in [1.165, 1.54) is 12.8 Å². The Labute approximate surface area is 159 Å². The highest BCUT2D eigenvalue weighted by Gasteiger charge is 2.24. The Kier molecular flexibility index (Phi) is 5.25. The van der Waals surface area contributed by atoms with Gasteiger partial charge in [0, 0.05) is 44.7 Å². The lowest BCUT2D eigenvalue weighted by atomic mass is 10.1. The van der Waals surface area contributed by atoms with E-state index < -0.39 is 0 Å². The van der Waals surface area contributed by atoms with Crippen molar-refractivity contribution in [1.82, 2.24) is 14.9 Å². The number of benzene rings is 1. The summed E-state index contributed by atoms with van der Waals surface area (Å²) < 4.78 is 5.76. The van der Waals surface area contributed by atoms with E-state index >= 15 is 0 Å². The molecule has 0 bridgehead atoms. The number of para-hydroxylation sites is 1. The second kappa shape index (κ2) is 7.96. The zero-order valence-corrected chi connectivity index (χ0v) is 15.6. The number of rotatable bonds is 6. The van der Waals surface area contributed by atoms with E-state index in [9.17, 15) is 4.79 Å². The van der Waals surface area contributed by atoms with Crippen LogP contribution in [0.25, 0.3) is 0 Å². The molecule has 2 aliphatic rings. The van der Waals surface area contributed by atoms with Crippen molar-refractivity contribution in [2.75, 3.05) is 31.1 Å². The largest absolute Gasteiger partial charge is 0.489 e. The van der Waals surface area contributed by atoms with Gasteiger partial charge in [-0.1, -0.05) is 30.9 Å². The van der Waals surface area contributed by atoms with Crippen LogP contribution in [-0.4, -0.2) is 41.1 Å². The van der Waals surface area contributed by atoms with Gasteiger partial charge in [0.05, 0.1) is 11.3 Å². The third-order valence-electron chi connectivity index (χ3n) is 5.26. The molecule has 2 aliphatic heterocycles. The minimum absolute atomic E-state index is 0.00259. The van der Waals surface area contributed by atoms with E-state index in [1.54, 1.807) is 6.08 Å². The molecule has 1 saturated heterocycles. The van der Waals surface area contributed by atoms with Gasteiger partial charge < -0.3 is 9.64 Å². The summed E-state index contributed by atoms with van der Waals surface area (Å²) in [6.45, 7) is 8.42. The molecular formula is C21H26N4O2. The van der Waals surface area contributed by atoms with Gasteiger partial charge in [-0.3, -0.25) is 14.7 Å². The lowest BCUT2D eigenvalue weighted by molar-refractivity contribution is 0.236. The summed E-state index contributed by atoms with van der Waals surface area (Å²) in [6.07, 6.45) is 4.89. The summed E-state index contributed by atoms with van der Waals surface area (Å²) in [6, 6.07) is 8.05. The molecule has 0 aliphatic carbocycles. The van der Waals surface area contributed by atoms with Crippen LogP contribution in [-0.2, 0) is 19.5 Å². The van der Waals surface area contributed by atoms with Gasteiger partial charge in [-0.15, -0.1) is 0 Å². The Balaban J connectivity index is 1.50. The predicted molar refractivity (Wildman–Crippen MR) is 106 cm³/mol. The molecular weight excluding hydrogens is 340 g/mol. The number of hydrogen-bond acceptors (Lipinski definition) is 5. The topological polar surface area (TPSA) is 61.5 Å². The van der Waals surface area contributed by atoms with Crippen molar-refractivity contribution in [2.45, 2.75) is 32.4 Å². The first-order chi connectivity index (χ1) is 13.2. The number of anilines is 1. The fourth-order valence-electron chi connectivity index (χ4n) is 3.85. The van der Waals surface area contributed by atoms with Crippen LogP contribution in [0.2, 0.25) is 0 Å². The maximum Gasteiger partial charge on any atom is 0.257 e. The highest BCUT2D eigenvalue weighted by molar-refractivity contribution is 5.36. The molecule has 2 aromatic rings. The van der Waals surface area contributed by atoms with Crippen LogP contribution in [0.5, 0.6) is 5.75 Å². The first kappa shape index (κ1) is 17.8. The van der Waals surface area contributed by atoms with Crippen LogP contribution >= 0.6 is 0 Å². The molecule has 4 rings (SSSR count). The Morgan fingerprint density at radius 3 is 2.85 bits per heavy atom. The maximum atomic E-state index is 12.7. The second-order valence-corrected chi connectivity index (χ2v) is 7.18. The van der Waals surface area contributed by atoms with Crippen LogP contribution in [0.15, 0.2) is 41.7 Å². The molecule has 27 heavy (non-hydrogen) atoms. The predicted octanol–water partition coefficient (Wildman–Crippen LogP) is 2.49. The smallest absolute Gasteiger partial charge is 0.257 e. The molecule has 1 fully saturated rings. The quantitative estimate of drug-likeness (QED) is 0.796. The number of H-pyrrole nitrogens is 1. The van der Waals surface area contributed by atoms with Crippen LogP contribution in [0.1, 0.15) is 29.7 Å². The molecule has 0 unspecified atom stereocenters. The zero-order chi connectivity index (χ0) is 18.6. The molecule has 3 heterocycles. The molecule has 1 N–H and O–H groups in total. The Hall–Kier alpha value is -2.60. The second-order valence-electron chi connectivity index (χ2n) is 7.18. The molecule has 0 atom stereocenters. The van der Waals surface area contributed by atoms with E-state index in [0.717, 1.165) is 61.1 Å². The summed E-state index contributed by atoms with van der Waals surface area (Å²) >= 11 is 0. The van der Waals surface area contributed by atoms with Gasteiger partial charge in [0.2, 0.25) is 5.95 Å². The molecule has 6 heteroatoms. The SMILES string of the molecule is C=CCOc1ccccc1CN1CCc2nc(N3CCCC3)[nH]c(=O)c2C1. The van der Waals surface area contributed by atoms with Crippen LogP contribution in [0.4, 0.5) is 5.95 Å². The summed E-state index contributed by atoms with van der Waals surface area (Å²) in [5, 5.41) is 0. The monoisotopic (exact) mass is 366 g/mol. The number of ether oxygens (including phenoxy) is 1. The van der Waals surface area contributed by atoms with E-state index in [2.05, 4.69) is 27.4 Å². The minimum Gasteiger partial charge on any atom is -0.489 e. The van der Waals surface area contributed by atoms with Gasteiger partial charge in [0.15, 0.2) is 0 Å². The Bertz CT molecular complexity index is 871. The van der Waals surface area contributed by atoms with Crippen molar-refractivity contribution >= 4 is 5.95 Å². The fraction of sp³-hybridized carbons (Fsp3) is 0.429. The van der Waals surface area contributed by atoms with Crippen molar-refractivity contribution < 1.29 is 4.74 Å². The van der Waals surface area contributed by atoms with Gasteiger partial charge in [-0.2, -0.15) is 0 Å². The van der Waals surface area contributed by atoms with Gasteiger partial charge in [-0.25, -0.2) is 4.98 Å². The first-order valence-corrected chi connectivity index (χ1v) is 9.65. The molecule has 0 radical (unpaired) electrons. The highest BCUT2D eigenvalue weighted by atomic mass is 16.5. The van der Waals surface area contributed by atoms with Crippen molar-refractivity contribution in [1.29, 1.82) is 0 Å². The molecule has 142 valence electrons. The molecule has 0 amide bonds. The molecule has 1 aromatic heterocycles. The minimum atomic E-state index is 0.00259. The number of nitrogens with one attached hydrogen (secondary N) is 1. The third-order valence-corrected chi connectivity index (χ3v) is 5.26. The van der Waals surface area contributed by atoms with E-state index in [-0.39, 0.29) is 5.56 Å². The standard InChI is InChI=1S/C21H26N4O2/c1-2-13-27-19-8-4-3-7-16(19)14-24-12-9-18-17(15-24)20(26)23-21(22-18)25-10-5-6-11-25/h2-4,7-8H,1,5-6,9-15H2,(H,22,23,26). The number of aromatic nitrogens is 2. The molecule has 0 spiro atoms. The van der Waals surface area contributed by atoms with E-state index in [0.29, 0.717) is 13.2 Å². The van der Waals surface area contributed by atoms with Crippen molar-refractivity contribution in [2.24, 2.45) is 0 Å². The fourth-order valence-corrected chi connectivity index (χ4v) is 3.85. The van der Waals surface area contributed by atoms with Gasteiger partial charge >= 0.3 is 0 Å². The van der Waals surface area contributed by atoms with Crippen molar-refractivity contribution in [3.63, 3.8) is 0 Å². The average Bonchev–Trinajstić information content (AvgIpc) is 3.22. The third kappa shape index (κ3) is 3.90. The normalized spacial score (nSPS) is 17.0. The zero-order valence-electron chi connectivity index (χ0n) is 15.6. The summed E-state index contributed by atoms with van der Waals surface area (Å²) in [5.41, 5.74) is 2.88. The number of nitrogens with zero attached hydrogens (tertiary/aromatic N) is 3. The Morgan fingerprint density at radius 1 is 1.22 bits per heavy atom. The summed E-state index contributed by atoms with van der Waals surface area (Å²) in [7, 11) is 0. The summed E-state index contributed by atoms with van der Waals surface area (Å²) in [4.78, 5) is 24.9.